The second-order valence-electron chi connectivity index (χ2n) is 5.99. The van der Waals surface area contributed by atoms with E-state index in [1.807, 2.05) is 19.9 Å². The number of carbonyl (C=O) groups excluding carboxylic acids is 1. The Bertz CT molecular complexity index is 337. The number of carbonyl (C=O) groups is 1. The summed E-state index contributed by atoms with van der Waals surface area (Å²) < 4.78 is 5.12. The molecule has 0 radical (unpaired) electrons. The first-order valence-electron chi connectivity index (χ1n) is 7.45. The molecule has 0 amide bonds. The smallest absolute Gasteiger partial charge is 0.330 e. The lowest BCUT2D eigenvalue weighted by Crippen LogP contribution is -2.09. The van der Waals surface area contributed by atoms with Gasteiger partial charge in [0, 0.05) is 10.4 Å². The number of ether oxygens (including phenoxy) is 1. The van der Waals surface area contributed by atoms with Crippen LogP contribution in [0.3, 0.4) is 0 Å². The van der Waals surface area contributed by atoms with Gasteiger partial charge in [0.1, 0.15) is 0 Å². The van der Waals surface area contributed by atoms with E-state index in [2.05, 4.69) is 42.8 Å². The number of esters is 1. The molecule has 0 heterocycles. The third kappa shape index (κ3) is 12.5. The lowest BCUT2D eigenvalue weighted by molar-refractivity contribution is -0.137. The SMILES string of the molecule is CCOC(=O)C=C(C)C=CCC(C)CCCC(C)(C)Br. The second-order valence-corrected chi connectivity index (χ2v) is 8.14. The zero-order valence-corrected chi connectivity index (χ0v) is 15.1. The monoisotopic (exact) mass is 344 g/mol. The molecular formula is C17H29BrO2. The normalized spacial score (nSPS) is 14.6. The molecule has 1 atom stereocenters. The highest BCUT2D eigenvalue weighted by Gasteiger charge is 2.12. The van der Waals surface area contributed by atoms with Gasteiger partial charge in [-0.15, -0.1) is 0 Å². The molecule has 0 aliphatic rings. The number of halogens is 1. The van der Waals surface area contributed by atoms with Crippen LogP contribution in [-0.2, 0) is 9.53 Å². The van der Waals surface area contributed by atoms with Crippen LogP contribution in [-0.4, -0.2) is 16.9 Å². The predicted octanol–water partition coefficient (Wildman–Crippen LogP) is 5.42. The van der Waals surface area contributed by atoms with Crippen molar-refractivity contribution in [3.05, 3.63) is 23.8 Å². The van der Waals surface area contributed by atoms with Crippen molar-refractivity contribution in [1.29, 1.82) is 0 Å². The first-order valence-corrected chi connectivity index (χ1v) is 8.24. The molecule has 0 aliphatic carbocycles. The number of rotatable bonds is 9. The van der Waals surface area contributed by atoms with Crippen molar-refractivity contribution in [3.63, 3.8) is 0 Å². The van der Waals surface area contributed by atoms with Crippen LogP contribution in [0.25, 0.3) is 0 Å². The van der Waals surface area contributed by atoms with Crippen LogP contribution in [0.1, 0.15) is 60.3 Å². The van der Waals surface area contributed by atoms with E-state index < -0.39 is 0 Å². The summed E-state index contributed by atoms with van der Waals surface area (Å²) in [4.78, 5) is 11.2. The molecule has 0 rings (SSSR count). The fraction of sp³-hybridized carbons (Fsp3) is 0.706. The van der Waals surface area contributed by atoms with Crippen molar-refractivity contribution >= 4 is 21.9 Å². The summed E-state index contributed by atoms with van der Waals surface area (Å²) >= 11 is 3.67. The molecule has 0 N–H and O–H groups in total. The summed E-state index contributed by atoms with van der Waals surface area (Å²) in [5.74, 6) is 0.416. The van der Waals surface area contributed by atoms with Gasteiger partial charge in [-0.2, -0.15) is 0 Å². The van der Waals surface area contributed by atoms with E-state index >= 15 is 0 Å². The molecule has 0 spiro atoms. The molecule has 0 fully saturated rings. The largest absolute Gasteiger partial charge is 0.463 e. The van der Waals surface area contributed by atoms with Crippen molar-refractivity contribution in [1.82, 2.24) is 0 Å². The number of allylic oxidation sites excluding steroid dienone is 3. The van der Waals surface area contributed by atoms with E-state index in [1.54, 1.807) is 0 Å². The molecule has 1 unspecified atom stereocenters. The molecule has 0 aromatic heterocycles. The second kappa shape index (κ2) is 10.2. The standard InChI is InChI=1S/C17H29BrO2/c1-6-20-16(19)13-15(3)10-7-9-14(2)11-8-12-17(4,5)18/h7,10,13-14H,6,8-9,11-12H2,1-5H3. The predicted molar refractivity (Wildman–Crippen MR) is 90.2 cm³/mol. The Labute approximate surface area is 132 Å². The molecule has 0 saturated heterocycles. The fourth-order valence-corrected chi connectivity index (χ4v) is 2.17. The Morgan fingerprint density at radius 2 is 2.05 bits per heavy atom. The molecule has 116 valence electrons. The highest BCUT2D eigenvalue weighted by Crippen LogP contribution is 2.25. The van der Waals surface area contributed by atoms with Crippen molar-refractivity contribution in [3.8, 4) is 0 Å². The molecule has 3 heteroatoms. The van der Waals surface area contributed by atoms with E-state index in [4.69, 9.17) is 4.74 Å². The summed E-state index contributed by atoms with van der Waals surface area (Å²) in [6.45, 7) is 10.9. The zero-order valence-electron chi connectivity index (χ0n) is 13.5. The lowest BCUT2D eigenvalue weighted by Gasteiger charge is -2.17. The molecule has 0 bridgehead atoms. The van der Waals surface area contributed by atoms with Gasteiger partial charge in [0.25, 0.3) is 0 Å². The summed E-state index contributed by atoms with van der Waals surface area (Å²) in [6, 6.07) is 0. The van der Waals surface area contributed by atoms with E-state index in [0.29, 0.717) is 12.5 Å². The zero-order chi connectivity index (χ0) is 15.6. The van der Waals surface area contributed by atoms with E-state index in [-0.39, 0.29) is 10.3 Å². The maximum absolute atomic E-state index is 11.2. The lowest BCUT2D eigenvalue weighted by atomic mass is 9.97. The maximum Gasteiger partial charge on any atom is 0.330 e. The minimum Gasteiger partial charge on any atom is -0.463 e. The third-order valence-corrected chi connectivity index (χ3v) is 3.42. The average Bonchev–Trinajstić information content (AvgIpc) is 2.27. The minimum absolute atomic E-state index is 0.252. The summed E-state index contributed by atoms with van der Waals surface area (Å²) in [7, 11) is 0. The Morgan fingerprint density at radius 3 is 2.60 bits per heavy atom. The molecule has 0 aromatic carbocycles. The van der Waals surface area contributed by atoms with Crippen LogP contribution in [0.15, 0.2) is 23.8 Å². The summed E-state index contributed by atoms with van der Waals surface area (Å²) in [5, 5.41) is 0. The van der Waals surface area contributed by atoms with Gasteiger partial charge in [0.05, 0.1) is 6.61 Å². The van der Waals surface area contributed by atoms with Crippen molar-refractivity contribution < 1.29 is 9.53 Å². The number of hydrogen-bond donors (Lipinski definition) is 0. The van der Waals surface area contributed by atoms with Gasteiger partial charge in [0.2, 0.25) is 0 Å². The Hall–Kier alpha value is -0.570. The van der Waals surface area contributed by atoms with Gasteiger partial charge in [-0.3, -0.25) is 0 Å². The van der Waals surface area contributed by atoms with E-state index in [1.165, 1.54) is 25.3 Å². The van der Waals surface area contributed by atoms with Crippen LogP contribution in [0.4, 0.5) is 0 Å². The highest BCUT2D eigenvalue weighted by atomic mass is 79.9. The van der Waals surface area contributed by atoms with Gasteiger partial charge in [-0.25, -0.2) is 4.79 Å². The highest BCUT2D eigenvalue weighted by molar-refractivity contribution is 9.10. The van der Waals surface area contributed by atoms with Crippen LogP contribution < -0.4 is 0 Å². The van der Waals surface area contributed by atoms with E-state index in [0.717, 1.165) is 12.0 Å². The number of hydrogen-bond acceptors (Lipinski definition) is 2. The van der Waals surface area contributed by atoms with Crippen LogP contribution in [0, 0.1) is 5.92 Å². The van der Waals surface area contributed by atoms with Gasteiger partial charge in [-0.1, -0.05) is 61.7 Å². The Morgan fingerprint density at radius 1 is 1.40 bits per heavy atom. The first-order chi connectivity index (χ1) is 9.24. The van der Waals surface area contributed by atoms with Crippen molar-refractivity contribution in [2.45, 2.75) is 64.6 Å². The quantitative estimate of drug-likeness (QED) is 0.241. The van der Waals surface area contributed by atoms with Crippen LogP contribution >= 0.6 is 15.9 Å². The molecule has 20 heavy (non-hydrogen) atoms. The molecule has 0 aliphatic heterocycles. The summed E-state index contributed by atoms with van der Waals surface area (Å²) in [5.41, 5.74) is 0.942. The van der Waals surface area contributed by atoms with E-state index in [9.17, 15) is 4.79 Å². The topological polar surface area (TPSA) is 26.3 Å². The molecule has 0 aromatic rings. The molecule has 0 saturated carbocycles. The Kier molecular flexibility index (Phi) is 9.91. The minimum atomic E-state index is -0.262. The van der Waals surface area contributed by atoms with Crippen LogP contribution in [0.5, 0.6) is 0 Å². The average molecular weight is 345 g/mol. The summed E-state index contributed by atoms with van der Waals surface area (Å²) in [6.07, 6.45) is 10.4. The molecule has 2 nitrogen and oxygen atoms in total. The van der Waals surface area contributed by atoms with Crippen LogP contribution in [0.2, 0.25) is 0 Å². The van der Waals surface area contributed by atoms with Gasteiger partial charge < -0.3 is 4.74 Å². The van der Waals surface area contributed by atoms with Gasteiger partial charge in [-0.05, 0) is 38.2 Å². The fourth-order valence-electron chi connectivity index (χ4n) is 1.89. The Balaban J connectivity index is 3.96. The maximum atomic E-state index is 11.2. The first kappa shape index (κ1) is 19.4. The van der Waals surface area contributed by atoms with Gasteiger partial charge in [0.15, 0.2) is 0 Å². The van der Waals surface area contributed by atoms with Crippen molar-refractivity contribution in [2.24, 2.45) is 5.92 Å². The number of alkyl halides is 1. The third-order valence-electron chi connectivity index (χ3n) is 3.02. The van der Waals surface area contributed by atoms with Crippen molar-refractivity contribution in [2.75, 3.05) is 6.61 Å². The molecular weight excluding hydrogens is 316 g/mol. The van der Waals surface area contributed by atoms with Gasteiger partial charge >= 0.3 is 5.97 Å².